The number of benzene rings is 1. The van der Waals surface area contributed by atoms with Crippen LogP contribution in [0.15, 0.2) is 50.1 Å². The van der Waals surface area contributed by atoms with Crippen LogP contribution in [0.4, 0.5) is 0 Å². The molecule has 0 atom stereocenters. The van der Waals surface area contributed by atoms with Crippen LogP contribution >= 0.6 is 23.1 Å². The summed E-state index contributed by atoms with van der Waals surface area (Å²) < 4.78 is 11.8. The molecule has 0 radical (unpaired) electrons. The number of aryl methyl sites for hydroxylation is 1. The lowest BCUT2D eigenvalue weighted by molar-refractivity contribution is 0.252. The molecule has 3 aromatic heterocycles. The van der Waals surface area contributed by atoms with Gasteiger partial charge in [0, 0.05) is 0 Å². The summed E-state index contributed by atoms with van der Waals surface area (Å²) in [5.41, 5.74) is 1.69. The lowest BCUT2D eigenvalue weighted by atomic mass is 10.2. The van der Waals surface area contributed by atoms with Crippen molar-refractivity contribution in [1.29, 1.82) is 0 Å². The zero-order chi connectivity index (χ0) is 17.9. The molecule has 0 amide bonds. The monoisotopic (exact) mass is 386 g/mol. The van der Waals surface area contributed by atoms with Crippen LogP contribution in [0.5, 0.6) is 5.75 Å². The average Bonchev–Trinajstić information content (AvgIpc) is 3.28. The number of nitrogens with one attached hydrogen (secondary N) is 1. The van der Waals surface area contributed by atoms with Crippen molar-refractivity contribution >= 4 is 33.3 Å². The summed E-state index contributed by atoms with van der Waals surface area (Å²) in [6.45, 7) is 2.20. The van der Waals surface area contributed by atoms with Crippen LogP contribution in [0.25, 0.3) is 10.2 Å². The lowest BCUT2D eigenvalue weighted by Gasteiger charge is -2.03. The smallest absolute Gasteiger partial charge is 0.277 e. The standard InChI is InChI=1S/C17H14N4O3S2/c1-10-3-2-4-11(7-10)23-8-14-20-21-17(24-14)26-9-13-18-12-5-6-25-15(12)16(22)19-13/h2-7H,8-9H2,1H3,(H,18,19,22). The van der Waals surface area contributed by atoms with Crippen LogP contribution in [-0.4, -0.2) is 20.2 Å². The molecule has 132 valence electrons. The van der Waals surface area contributed by atoms with E-state index in [9.17, 15) is 4.79 Å². The van der Waals surface area contributed by atoms with Crippen molar-refractivity contribution < 1.29 is 9.15 Å². The molecule has 0 aliphatic carbocycles. The minimum atomic E-state index is -0.127. The molecule has 1 aromatic carbocycles. The van der Waals surface area contributed by atoms with E-state index in [1.807, 2.05) is 42.6 Å². The molecule has 26 heavy (non-hydrogen) atoms. The predicted octanol–water partition coefficient (Wildman–Crippen LogP) is 3.55. The van der Waals surface area contributed by atoms with Gasteiger partial charge in [-0.2, -0.15) is 0 Å². The molecular weight excluding hydrogens is 372 g/mol. The maximum atomic E-state index is 12.0. The maximum absolute atomic E-state index is 12.0. The summed E-state index contributed by atoms with van der Waals surface area (Å²) in [6, 6.07) is 9.57. The minimum Gasteiger partial charge on any atom is -0.484 e. The Morgan fingerprint density at radius 3 is 3.12 bits per heavy atom. The Kier molecular flexibility index (Phi) is 4.72. The fraction of sp³-hybridized carbons (Fsp3) is 0.176. The molecule has 9 heteroatoms. The molecule has 4 aromatic rings. The Morgan fingerprint density at radius 2 is 2.23 bits per heavy atom. The topological polar surface area (TPSA) is 93.9 Å². The first-order valence-electron chi connectivity index (χ1n) is 7.78. The number of aromatic nitrogens is 4. The normalized spacial score (nSPS) is 11.1. The van der Waals surface area contributed by atoms with Crippen molar-refractivity contribution in [2.24, 2.45) is 0 Å². The highest BCUT2D eigenvalue weighted by Crippen LogP contribution is 2.22. The molecule has 1 N–H and O–H groups in total. The van der Waals surface area contributed by atoms with Gasteiger partial charge in [-0.05, 0) is 36.1 Å². The summed E-state index contributed by atoms with van der Waals surface area (Å²) in [5.74, 6) is 2.15. The average molecular weight is 386 g/mol. The molecule has 0 fully saturated rings. The zero-order valence-corrected chi connectivity index (χ0v) is 15.4. The molecule has 0 unspecified atom stereocenters. The van der Waals surface area contributed by atoms with Crippen molar-refractivity contribution in [3.63, 3.8) is 0 Å². The maximum Gasteiger partial charge on any atom is 0.277 e. The first kappa shape index (κ1) is 16.8. The van der Waals surface area contributed by atoms with Gasteiger partial charge >= 0.3 is 0 Å². The molecule has 0 bridgehead atoms. The van der Waals surface area contributed by atoms with Gasteiger partial charge in [-0.1, -0.05) is 23.9 Å². The van der Waals surface area contributed by atoms with E-state index < -0.39 is 0 Å². The van der Waals surface area contributed by atoms with E-state index >= 15 is 0 Å². The third-order valence-electron chi connectivity index (χ3n) is 3.50. The third kappa shape index (κ3) is 3.78. The predicted molar refractivity (Wildman–Crippen MR) is 99.6 cm³/mol. The second kappa shape index (κ2) is 7.30. The minimum absolute atomic E-state index is 0.127. The molecule has 4 rings (SSSR count). The number of H-pyrrole nitrogens is 1. The van der Waals surface area contributed by atoms with Gasteiger partial charge in [0.1, 0.15) is 16.3 Å². The van der Waals surface area contributed by atoms with Crippen LogP contribution in [0.1, 0.15) is 17.3 Å². The van der Waals surface area contributed by atoms with Crippen LogP contribution in [-0.2, 0) is 12.4 Å². The number of hydrogen-bond donors (Lipinski definition) is 1. The highest BCUT2D eigenvalue weighted by atomic mass is 32.2. The fourth-order valence-corrected chi connectivity index (χ4v) is 3.70. The highest BCUT2D eigenvalue weighted by Gasteiger charge is 2.10. The SMILES string of the molecule is Cc1cccc(OCc2nnc(SCc3nc4ccsc4c(=O)[nH]3)o2)c1. The van der Waals surface area contributed by atoms with Crippen molar-refractivity contribution in [3.05, 3.63) is 63.3 Å². The summed E-state index contributed by atoms with van der Waals surface area (Å²) in [6.07, 6.45) is 0. The second-order valence-corrected chi connectivity index (χ2v) is 7.35. The number of ether oxygens (including phenoxy) is 1. The molecular formula is C17H14N4O3S2. The van der Waals surface area contributed by atoms with Crippen LogP contribution < -0.4 is 10.3 Å². The zero-order valence-electron chi connectivity index (χ0n) is 13.8. The van der Waals surface area contributed by atoms with Crippen LogP contribution in [0.3, 0.4) is 0 Å². The van der Waals surface area contributed by atoms with Crippen molar-refractivity contribution in [2.75, 3.05) is 0 Å². The largest absolute Gasteiger partial charge is 0.484 e. The molecule has 0 saturated heterocycles. The van der Waals surface area contributed by atoms with Gasteiger partial charge in [0.05, 0.1) is 11.3 Å². The number of thioether (sulfide) groups is 1. The van der Waals surface area contributed by atoms with E-state index in [0.717, 1.165) is 11.3 Å². The Hall–Kier alpha value is -2.65. The summed E-state index contributed by atoms with van der Waals surface area (Å²) in [5, 5.41) is 10.2. The summed E-state index contributed by atoms with van der Waals surface area (Å²) in [4.78, 5) is 19.2. The number of nitrogens with zero attached hydrogens (tertiary/aromatic N) is 3. The quantitative estimate of drug-likeness (QED) is 0.506. The molecule has 3 heterocycles. The second-order valence-electron chi connectivity index (χ2n) is 5.50. The Labute approximate surface area is 156 Å². The van der Waals surface area contributed by atoms with Gasteiger partial charge in [-0.25, -0.2) is 4.98 Å². The van der Waals surface area contributed by atoms with Gasteiger partial charge in [0.2, 0.25) is 0 Å². The van der Waals surface area contributed by atoms with E-state index in [1.54, 1.807) is 0 Å². The number of hydrogen-bond acceptors (Lipinski definition) is 8. The summed E-state index contributed by atoms with van der Waals surface area (Å²) >= 11 is 2.69. The first-order chi connectivity index (χ1) is 12.7. The number of aromatic amines is 1. The molecule has 7 nitrogen and oxygen atoms in total. The Balaban J connectivity index is 1.37. The number of rotatable bonds is 6. The third-order valence-corrected chi connectivity index (χ3v) is 5.23. The van der Waals surface area contributed by atoms with Crippen LogP contribution in [0, 0.1) is 6.92 Å². The van der Waals surface area contributed by atoms with E-state index in [0.29, 0.717) is 32.9 Å². The lowest BCUT2D eigenvalue weighted by Crippen LogP contribution is -2.09. The fourth-order valence-electron chi connectivity index (χ4n) is 2.33. The van der Waals surface area contributed by atoms with E-state index in [2.05, 4.69) is 20.2 Å². The van der Waals surface area contributed by atoms with Gasteiger partial charge in [-0.3, -0.25) is 4.79 Å². The van der Waals surface area contributed by atoms with Crippen molar-refractivity contribution in [2.45, 2.75) is 24.5 Å². The summed E-state index contributed by atoms with van der Waals surface area (Å²) in [7, 11) is 0. The number of fused-ring (bicyclic) bond motifs is 1. The highest BCUT2D eigenvalue weighted by molar-refractivity contribution is 7.98. The van der Waals surface area contributed by atoms with E-state index in [4.69, 9.17) is 9.15 Å². The molecule has 0 aliphatic rings. The number of thiophene rings is 1. The van der Waals surface area contributed by atoms with E-state index in [1.165, 1.54) is 23.1 Å². The first-order valence-corrected chi connectivity index (χ1v) is 9.65. The van der Waals surface area contributed by atoms with Gasteiger partial charge in [-0.15, -0.1) is 21.5 Å². The van der Waals surface area contributed by atoms with Gasteiger partial charge in [0.15, 0.2) is 6.61 Å². The van der Waals surface area contributed by atoms with E-state index in [-0.39, 0.29) is 12.2 Å². The van der Waals surface area contributed by atoms with Crippen molar-refractivity contribution in [1.82, 2.24) is 20.2 Å². The Morgan fingerprint density at radius 1 is 1.31 bits per heavy atom. The van der Waals surface area contributed by atoms with Gasteiger partial charge in [0.25, 0.3) is 16.7 Å². The molecule has 0 spiro atoms. The van der Waals surface area contributed by atoms with Crippen molar-refractivity contribution in [3.8, 4) is 5.75 Å². The Bertz CT molecular complexity index is 1100. The van der Waals surface area contributed by atoms with Crippen LogP contribution in [0.2, 0.25) is 0 Å². The van der Waals surface area contributed by atoms with Gasteiger partial charge < -0.3 is 14.1 Å². The molecule has 0 aliphatic heterocycles. The molecule has 0 saturated carbocycles.